The Morgan fingerprint density at radius 3 is 2.62 bits per heavy atom. The number of para-hydroxylation sites is 1. The average molecular weight is 351 g/mol. The SMILES string of the molecule is CCN(CC)C(=O)c1cccc(NC(=O)Cn2nnc3ccccc32)c1. The predicted molar refractivity (Wildman–Crippen MR) is 99.9 cm³/mol. The van der Waals surface area contributed by atoms with E-state index in [2.05, 4.69) is 15.6 Å². The summed E-state index contributed by atoms with van der Waals surface area (Å²) in [7, 11) is 0. The van der Waals surface area contributed by atoms with Crippen LogP contribution in [-0.2, 0) is 11.3 Å². The first-order valence-corrected chi connectivity index (χ1v) is 8.59. The molecular weight excluding hydrogens is 330 g/mol. The van der Waals surface area contributed by atoms with Crippen LogP contribution in [0.25, 0.3) is 11.0 Å². The Hall–Kier alpha value is -3.22. The van der Waals surface area contributed by atoms with Crippen molar-refractivity contribution in [3.05, 3.63) is 54.1 Å². The van der Waals surface area contributed by atoms with Gasteiger partial charge in [0.2, 0.25) is 5.91 Å². The molecule has 0 radical (unpaired) electrons. The normalized spacial score (nSPS) is 10.7. The summed E-state index contributed by atoms with van der Waals surface area (Å²) in [5, 5.41) is 10.9. The van der Waals surface area contributed by atoms with Gasteiger partial charge in [-0.1, -0.05) is 23.4 Å². The molecule has 2 amide bonds. The Balaban J connectivity index is 1.71. The number of nitrogens with one attached hydrogen (secondary N) is 1. The van der Waals surface area contributed by atoms with Crippen molar-refractivity contribution in [1.82, 2.24) is 19.9 Å². The van der Waals surface area contributed by atoms with E-state index in [-0.39, 0.29) is 18.4 Å². The summed E-state index contributed by atoms with van der Waals surface area (Å²) in [5.41, 5.74) is 2.68. The molecule has 1 heterocycles. The van der Waals surface area contributed by atoms with E-state index < -0.39 is 0 Å². The summed E-state index contributed by atoms with van der Waals surface area (Å²) in [4.78, 5) is 26.5. The minimum Gasteiger partial charge on any atom is -0.339 e. The van der Waals surface area contributed by atoms with Crippen molar-refractivity contribution < 1.29 is 9.59 Å². The molecule has 1 N–H and O–H groups in total. The van der Waals surface area contributed by atoms with E-state index in [0.29, 0.717) is 24.3 Å². The molecule has 0 bridgehead atoms. The van der Waals surface area contributed by atoms with E-state index in [4.69, 9.17) is 0 Å². The van der Waals surface area contributed by atoms with Crippen LogP contribution in [0.3, 0.4) is 0 Å². The fourth-order valence-electron chi connectivity index (χ4n) is 2.79. The van der Waals surface area contributed by atoms with Gasteiger partial charge in [0.15, 0.2) is 0 Å². The van der Waals surface area contributed by atoms with Gasteiger partial charge in [-0.15, -0.1) is 5.10 Å². The summed E-state index contributed by atoms with van der Waals surface area (Å²) >= 11 is 0. The maximum absolute atomic E-state index is 12.4. The Morgan fingerprint density at radius 1 is 1.08 bits per heavy atom. The first-order valence-electron chi connectivity index (χ1n) is 8.59. The topological polar surface area (TPSA) is 80.1 Å². The number of benzene rings is 2. The standard InChI is InChI=1S/C19H21N5O2/c1-3-23(4-2)19(26)14-8-7-9-15(12-14)20-18(25)13-24-17-11-6-5-10-16(17)21-22-24/h5-12H,3-4,13H2,1-2H3,(H,20,25). The lowest BCUT2D eigenvalue weighted by Crippen LogP contribution is -2.30. The van der Waals surface area contributed by atoms with Gasteiger partial charge in [0.1, 0.15) is 12.1 Å². The van der Waals surface area contributed by atoms with Crippen LogP contribution in [0.15, 0.2) is 48.5 Å². The van der Waals surface area contributed by atoms with Crippen molar-refractivity contribution >= 4 is 28.5 Å². The number of fused-ring (bicyclic) bond motifs is 1. The van der Waals surface area contributed by atoms with Gasteiger partial charge in [0.25, 0.3) is 5.91 Å². The number of hydrogen-bond donors (Lipinski definition) is 1. The van der Waals surface area contributed by atoms with Crippen LogP contribution in [0.5, 0.6) is 0 Å². The highest BCUT2D eigenvalue weighted by molar-refractivity contribution is 5.97. The van der Waals surface area contributed by atoms with Gasteiger partial charge in [0, 0.05) is 24.3 Å². The zero-order valence-electron chi connectivity index (χ0n) is 14.8. The molecule has 7 heteroatoms. The summed E-state index contributed by atoms with van der Waals surface area (Å²) in [6.07, 6.45) is 0. The summed E-state index contributed by atoms with van der Waals surface area (Å²) in [6, 6.07) is 14.4. The molecule has 0 fully saturated rings. The molecule has 0 atom stereocenters. The van der Waals surface area contributed by atoms with Gasteiger partial charge in [-0.05, 0) is 44.2 Å². The molecule has 7 nitrogen and oxygen atoms in total. The van der Waals surface area contributed by atoms with Crippen LogP contribution in [0, 0.1) is 0 Å². The maximum atomic E-state index is 12.4. The minimum absolute atomic E-state index is 0.0478. The first kappa shape index (κ1) is 17.6. The van der Waals surface area contributed by atoms with E-state index in [1.54, 1.807) is 33.8 Å². The van der Waals surface area contributed by atoms with Crippen molar-refractivity contribution in [2.24, 2.45) is 0 Å². The van der Waals surface area contributed by atoms with Gasteiger partial charge in [-0.3, -0.25) is 9.59 Å². The van der Waals surface area contributed by atoms with Crippen molar-refractivity contribution in [2.75, 3.05) is 18.4 Å². The number of rotatable bonds is 6. The second-order valence-electron chi connectivity index (χ2n) is 5.84. The van der Waals surface area contributed by atoms with Crippen LogP contribution in [-0.4, -0.2) is 44.8 Å². The van der Waals surface area contributed by atoms with Gasteiger partial charge in [-0.2, -0.15) is 0 Å². The smallest absolute Gasteiger partial charge is 0.253 e. The van der Waals surface area contributed by atoms with Crippen LogP contribution in [0.4, 0.5) is 5.69 Å². The number of carbonyl (C=O) groups is 2. The van der Waals surface area contributed by atoms with Crippen LogP contribution in [0.2, 0.25) is 0 Å². The highest BCUT2D eigenvalue weighted by Gasteiger charge is 2.14. The lowest BCUT2D eigenvalue weighted by Gasteiger charge is -2.19. The molecule has 26 heavy (non-hydrogen) atoms. The molecule has 0 saturated heterocycles. The third-order valence-electron chi connectivity index (χ3n) is 4.16. The highest BCUT2D eigenvalue weighted by atomic mass is 16.2. The Morgan fingerprint density at radius 2 is 1.85 bits per heavy atom. The van der Waals surface area contributed by atoms with Gasteiger partial charge < -0.3 is 10.2 Å². The van der Waals surface area contributed by atoms with E-state index in [1.165, 1.54) is 0 Å². The number of hydrogen-bond acceptors (Lipinski definition) is 4. The number of aromatic nitrogens is 3. The van der Waals surface area contributed by atoms with E-state index in [1.807, 2.05) is 38.1 Å². The maximum Gasteiger partial charge on any atom is 0.253 e. The van der Waals surface area contributed by atoms with Crippen molar-refractivity contribution in [3.8, 4) is 0 Å². The second-order valence-corrected chi connectivity index (χ2v) is 5.84. The molecule has 3 rings (SSSR count). The summed E-state index contributed by atoms with van der Waals surface area (Å²) in [5.74, 6) is -0.276. The molecule has 3 aromatic rings. The van der Waals surface area contributed by atoms with E-state index in [0.717, 1.165) is 11.0 Å². The predicted octanol–water partition coefficient (Wildman–Crippen LogP) is 2.55. The molecule has 0 saturated carbocycles. The van der Waals surface area contributed by atoms with Crippen LogP contribution < -0.4 is 5.32 Å². The Bertz CT molecular complexity index is 930. The van der Waals surface area contributed by atoms with Crippen molar-refractivity contribution in [1.29, 1.82) is 0 Å². The lowest BCUT2D eigenvalue weighted by molar-refractivity contribution is -0.116. The van der Waals surface area contributed by atoms with Crippen molar-refractivity contribution in [2.45, 2.75) is 20.4 Å². The second kappa shape index (κ2) is 7.77. The zero-order valence-corrected chi connectivity index (χ0v) is 14.8. The fraction of sp³-hybridized carbons (Fsp3) is 0.263. The zero-order chi connectivity index (χ0) is 18.5. The molecular formula is C19H21N5O2. The number of carbonyl (C=O) groups excluding carboxylic acids is 2. The summed E-state index contributed by atoms with van der Waals surface area (Å²) in [6.45, 7) is 5.22. The van der Waals surface area contributed by atoms with Gasteiger partial charge in [-0.25, -0.2) is 4.68 Å². The third-order valence-corrected chi connectivity index (χ3v) is 4.16. The Kier molecular flexibility index (Phi) is 5.26. The molecule has 1 aromatic heterocycles. The number of anilines is 1. The Labute approximate surface area is 151 Å². The molecule has 0 aliphatic rings. The highest BCUT2D eigenvalue weighted by Crippen LogP contribution is 2.14. The molecule has 134 valence electrons. The minimum atomic E-state index is -0.229. The molecule has 2 aromatic carbocycles. The molecule has 0 unspecified atom stereocenters. The van der Waals surface area contributed by atoms with Crippen molar-refractivity contribution in [3.63, 3.8) is 0 Å². The van der Waals surface area contributed by atoms with E-state index >= 15 is 0 Å². The average Bonchev–Trinajstić information content (AvgIpc) is 3.06. The quantitative estimate of drug-likeness (QED) is 0.740. The largest absolute Gasteiger partial charge is 0.339 e. The fourth-order valence-corrected chi connectivity index (χ4v) is 2.79. The molecule has 0 aliphatic carbocycles. The van der Waals surface area contributed by atoms with E-state index in [9.17, 15) is 9.59 Å². The monoisotopic (exact) mass is 351 g/mol. The van der Waals surface area contributed by atoms with Gasteiger partial charge in [0.05, 0.1) is 5.52 Å². The lowest BCUT2D eigenvalue weighted by atomic mass is 10.1. The summed E-state index contributed by atoms with van der Waals surface area (Å²) < 4.78 is 1.55. The molecule has 0 aliphatic heterocycles. The number of amides is 2. The molecule has 0 spiro atoms. The van der Waals surface area contributed by atoms with Gasteiger partial charge >= 0.3 is 0 Å². The van der Waals surface area contributed by atoms with Crippen LogP contribution in [0.1, 0.15) is 24.2 Å². The number of nitrogens with zero attached hydrogens (tertiary/aromatic N) is 4. The third kappa shape index (κ3) is 3.72. The first-order chi connectivity index (χ1) is 12.6. The van der Waals surface area contributed by atoms with Crippen LogP contribution >= 0.6 is 0 Å².